The van der Waals surface area contributed by atoms with Crippen LogP contribution in [0.2, 0.25) is 0 Å². The molecule has 6 atom stereocenters. The molecule has 0 radical (unpaired) electrons. The van der Waals surface area contributed by atoms with Crippen LogP contribution in [0.4, 0.5) is 5.82 Å². The topological polar surface area (TPSA) is 81.7 Å². The van der Waals surface area contributed by atoms with Gasteiger partial charge in [-0.3, -0.25) is 4.79 Å². The number of rotatable bonds is 9. The summed E-state index contributed by atoms with van der Waals surface area (Å²) in [6.45, 7) is 2.81. The Bertz CT molecular complexity index is 1250. The van der Waals surface area contributed by atoms with Crippen molar-refractivity contribution < 1.29 is 19.0 Å². The lowest BCUT2D eigenvalue weighted by Crippen LogP contribution is -2.59. The summed E-state index contributed by atoms with van der Waals surface area (Å²) >= 11 is 0. The maximum atomic E-state index is 13.6. The van der Waals surface area contributed by atoms with Gasteiger partial charge in [-0.25, -0.2) is 4.98 Å². The van der Waals surface area contributed by atoms with E-state index in [0.29, 0.717) is 18.9 Å². The van der Waals surface area contributed by atoms with E-state index in [-0.39, 0.29) is 36.0 Å². The molecule has 0 bridgehead atoms. The van der Waals surface area contributed by atoms with Gasteiger partial charge in [0.05, 0.1) is 24.8 Å². The maximum Gasteiger partial charge on any atom is 0.223 e. The number of methoxy groups -OCH3 is 3. The number of fused-ring (bicyclic) bond motifs is 2. The third kappa shape index (κ3) is 5.36. The van der Waals surface area contributed by atoms with Crippen molar-refractivity contribution in [2.45, 2.75) is 57.4 Å². The molecule has 2 aromatic carbocycles. The van der Waals surface area contributed by atoms with Crippen LogP contribution in [0.1, 0.15) is 37.3 Å². The fourth-order valence-electron chi connectivity index (χ4n) is 6.50. The van der Waals surface area contributed by atoms with Gasteiger partial charge in [0, 0.05) is 38.1 Å². The number of carbonyl (C=O) groups is 1. The van der Waals surface area contributed by atoms with Crippen molar-refractivity contribution in [3.05, 3.63) is 65.7 Å². The van der Waals surface area contributed by atoms with Crippen LogP contribution in [0.15, 0.2) is 54.6 Å². The van der Waals surface area contributed by atoms with E-state index in [0.717, 1.165) is 47.3 Å². The molecule has 6 unspecified atom stereocenters. The molecule has 1 aliphatic heterocycles. The molecule has 7 heteroatoms. The van der Waals surface area contributed by atoms with Gasteiger partial charge in [-0.15, -0.1) is 0 Å². The number of carbonyl (C=O) groups excluding carboxylic acids is 1. The fourth-order valence-corrected chi connectivity index (χ4v) is 6.50. The van der Waals surface area contributed by atoms with Crippen molar-refractivity contribution in [3.8, 4) is 5.75 Å². The highest BCUT2D eigenvalue weighted by Gasteiger charge is 2.49. The van der Waals surface area contributed by atoms with Gasteiger partial charge in [0.2, 0.25) is 5.91 Å². The van der Waals surface area contributed by atoms with Gasteiger partial charge in [-0.2, -0.15) is 0 Å². The average molecular weight is 518 g/mol. The van der Waals surface area contributed by atoms with E-state index < -0.39 is 0 Å². The first-order valence-electron chi connectivity index (χ1n) is 13.7. The van der Waals surface area contributed by atoms with E-state index in [1.54, 1.807) is 21.3 Å². The molecule has 2 fully saturated rings. The van der Waals surface area contributed by atoms with Crippen LogP contribution in [0.5, 0.6) is 5.75 Å². The molecule has 1 saturated heterocycles. The van der Waals surface area contributed by atoms with Gasteiger partial charge in [-0.05, 0) is 72.9 Å². The van der Waals surface area contributed by atoms with Crippen LogP contribution < -0.4 is 15.4 Å². The molecule has 1 saturated carbocycles. The Hall–Kier alpha value is -3.16. The number of nitrogens with zero attached hydrogens (tertiary/aromatic N) is 1. The Morgan fingerprint density at radius 3 is 2.39 bits per heavy atom. The fraction of sp³-hybridized carbons (Fsp3) is 0.484. The number of ether oxygens (including phenoxy) is 3. The number of hydrogen-bond donors (Lipinski definition) is 2. The van der Waals surface area contributed by atoms with Crippen LogP contribution in [-0.4, -0.2) is 50.5 Å². The van der Waals surface area contributed by atoms with Crippen molar-refractivity contribution in [2.24, 2.45) is 17.8 Å². The molecular formula is C31H39N3O4. The lowest BCUT2D eigenvalue weighted by Gasteiger charge is -2.49. The van der Waals surface area contributed by atoms with Crippen LogP contribution in [-0.2, 0) is 27.2 Å². The Labute approximate surface area is 225 Å². The molecule has 38 heavy (non-hydrogen) atoms. The van der Waals surface area contributed by atoms with Crippen molar-refractivity contribution in [2.75, 3.05) is 26.6 Å². The van der Waals surface area contributed by atoms with E-state index in [1.807, 2.05) is 36.4 Å². The number of amides is 1. The van der Waals surface area contributed by atoms with Crippen LogP contribution in [0.3, 0.4) is 0 Å². The summed E-state index contributed by atoms with van der Waals surface area (Å²) in [5.41, 5.74) is 3.11. The van der Waals surface area contributed by atoms with Gasteiger partial charge in [0.1, 0.15) is 11.6 Å². The number of aromatic nitrogens is 1. The molecular weight excluding hydrogens is 478 g/mol. The number of benzene rings is 2. The summed E-state index contributed by atoms with van der Waals surface area (Å²) in [7, 11) is 5.18. The molecule has 202 valence electrons. The van der Waals surface area contributed by atoms with Crippen molar-refractivity contribution in [1.29, 1.82) is 0 Å². The Kier molecular flexibility index (Phi) is 8.15. The van der Waals surface area contributed by atoms with Crippen LogP contribution in [0, 0.1) is 17.8 Å². The lowest BCUT2D eigenvalue weighted by atomic mass is 9.63. The molecule has 1 aliphatic carbocycles. The normalized spacial score (nSPS) is 27.0. The zero-order chi connectivity index (χ0) is 26.6. The highest BCUT2D eigenvalue weighted by molar-refractivity contribution is 5.84. The summed E-state index contributed by atoms with van der Waals surface area (Å²) in [6, 6.07) is 18.5. The first kappa shape index (κ1) is 26.4. The van der Waals surface area contributed by atoms with Crippen LogP contribution >= 0.6 is 0 Å². The third-order valence-electron chi connectivity index (χ3n) is 8.56. The molecule has 5 rings (SSSR count). The second kappa shape index (κ2) is 11.7. The number of pyridine rings is 1. The largest absolute Gasteiger partial charge is 0.497 e. The summed E-state index contributed by atoms with van der Waals surface area (Å²) < 4.78 is 17.1. The second-order valence-electron chi connectivity index (χ2n) is 10.6. The smallest absolute Gasteiger partial charge is 0.223 e. The first-order chi connectivity index (χ1) is 18.5. The number of anilines is 1. The van der Waals surface area contributed by atoms with Gasteiger partial charge in [0.25, 0.3) is 0 Å². The monoisotopic (exact) mass is 517 g/mol. The van der Waals surface area contributed by atoms with Crippen molar-refractivity contribution >= 4 is 22.6 Å². The lowest BCUT2D eigenvalue weighted by molar-refractivity contribution is -0.144. The number of piperidine rings is 1. The molecule has 2 aliphatic rings. The minimum Gasteiger partial charge on any atom is -0.497 e. The van der Waals surface area contributed by atoms with Gasteiger partial charge in [0.15, 0.2) is 0 Å². The van der Waals surface area contributed by atoms with Gasteiger partial charge in [-0.1, -0.05) is 37.3 Å². The van der Waals surface area contributed by atoms with E-state index in [2.05, 4.69) is 35.8 Å². The maximum absolute atomic E-state index is 13.6. The average Bonchev–Trinajstić information content (AvgIpc) is 2.96. The number of nitrogens with one attached hydrogen (secondary N) is 2. The van der Waals surface area contributed by atoms with Crippen molar-refractivity contribution in [3.63, 3.8) is 0 Å². The predicted molar refractivity (Wildman–Crippen MR) is 149 cm³/mol. The molecule has 0 spiro atoms. The molecule has 1 aromatic heterocycles. The van der Waals surface area contributed by atoms with E-state index in [9.17, 15) is 4.79 Å². The Morgan fingerprint density at radius 1 is 0.974 bits per heavy atom. The zero-order valence-corrected chi connectivity index (χ0v) is 22.8. The molecule has 2 heterocycles. The summed E-state index contributed by atoms with van der Waals surface area (Å²) in [5, 5.41) is 7.92. The third-order valence-corrected chi connectivity index (χ3v) is 8.56. The first-order valence-corrected chi connectivity index (χ1v) is 13.7. The van der Waals surface area contributed by atoms with E-state index in [4.69, 9.17) is 19.2 Å². The summed E-state index contributed by atoms with van der Waals surface area (Å²) in [4.78, 5) is 18.6. The standard InChI is InChI=1S/C31H39N3O4/c1-5-26-24-17-29(38-4)28(37-3)16-23(24)25(31(35)34-26)15-21-13-20-14-22(36-2)11-12-27(20)33-30(21)32-18-19-9-7-6-8-10-19/h6-14,23-26,28-29H,5,15-18H2,1-4H3,(H,32,33)(H,34,35). The SMILES string of the molecule is CCC1NC(=O)C(Cc2cc3cc(OC)ccc3nc2NCc2ccccc2)C2CC(OC)C(OC)CC12. The summed E-state index contributed by atoms with van der Waals surface area (Å²) in [6.07, 6.45) is 3.26. The second-order valence-corrected chi connectivity index (χ2v) is 10.6. The van der Waals surface area contributed by atoms with Crippen LogP contribution in [0.25, 0.3) is 10.9 Å². The van der Waals surface area contributed by atoms with E-state index >= 15 is 0 Å². The minimum atomic E-state index is -0.166. The highest BCUT2D eigenvalue weighted by atomic mass is 16.5. The Morgan fingerprint density at radius 2 is 1.71 bits per heavy atom. The minimum absolute atomic E-state index is 0.0122. The molecule has 1 amide bonds. The van der Waals surface area contributed by atoms with Gasteiger partial charge >= 0.3 is 0 Å². The predicted octanol–water partition coefficient (Wildman–Crippen LogP) is 4.98. The highest BCUT2D eigenvalue weighted by Crippen LogP contribution is 2.44. The van der Waals surface area contributed by atoms with Crippen molar-refractivity contribution in [1.82, 2.24) is 10.3 Å². The zero-order valence-electron chi connectivity index (χ0n) is 22.8. The summed E-state index contributed by atoms with van der Waals surface area (Å²) in [5.74, 6) is 2.14. The number of hydrogen-bond acceptors (Lipinski definition) is 6. The molecule has 2 N–H and O–H groups in total. The Balaban J connectivity index is 1.49. The quantitative estimate of drug-likeness (QED) is 0.417. The molecule has 7 nitrogen and oxygen atoms in total. The van der Waals surface area contributed by atoms with Gasteiger partial charge < -0.3 is 24.8 Å². The molecule has 3 aromatic rings. The van der Waals surface area contributed by atoms with E-state index in [1.165, 1.54) is 5.56 Å².